The molecule has 1 aliphatic rings. The molecule has 1 amide bonds. The summed E-state index contributed by atoms with van der Waals surface area (Å²) in [6, 6.07) is 11.4. The van der Waals surface area contributed by atoms with Crippen molar-refractivity contribution in [2.45, 2.75) is 25.5 Å². The highest BCUT2D eigenvalue weighted by molar-refractivity contribution is 7.98. The molecule has 0 radical (unpaired) electrons. The molecule has 1 saturated heterocycles. The van der Waals surface area contributed by atoms with Crippen LogP contribution in [0.25, 0.3) is 0 Å². The van der Waals surface area contributed by atoms with E-state index in [0.717, 1.165) is 54.5 Å². The van der Waals surface area contributed by atoms with Gasteiger partial charge in [0.1, 0.15) is 11.5 Å². The van der Waals surface area contributed by atoms with Crippen molar-refractivity contribution in [3.8, 4) is 5.75 Å². The number of thioether (sulfide) groups is 1. The van der Waals surface area contributed by atoms with E-state index in [2.05, 4.69) is 0 Å². The standard InChI is InChI=1S/C20H25NO3S/c1-2-23-18-7-5-17(6-8-18)20(22)21-11-9-16(10-12-21)14-25-15-19-4-3-13-24-19/h3-8,13,16H,2,9-12,14-15H2,1H3. The summed E-state index contributed by atoms with van der Waals surface area (Å²) in [5.41, 5.74) is 0.745. The maximum absolute atomic E-state index is 12.6. The third kappa shape index (κ3) is 5.05. The highest BCUT2D eigenvalue weighted by Crippen LogP contribution is 2.25. The van der Waals surface area contributed by atoms with Gasteiger partial charge >= 0.3 is 0 Å². The lowest BCUT2D eigenvalue weighted by Crippen LogP contribution is -2.39. The Morgan fingerprint density at radius 3 is 2.64 bits per heavy atom. The van der Waals surface area contributed by atoms with Crippen LogP contribution in [0, 0.1) is 5.92 Å². The van der Waals surface area contributed by atoms with Gasteiger partial charge in [0.25, 0.3) is 5.91 Å². The van der Waals surface area contributed by atoms with Crippen molar-refractivity contribution in [3.63, 3.8) is 0 Å². The minimum absolute atomic E-state index is 0.129. The molecule has 1 aromatic carbocycles. The summed E-state index contributed by atoms with van der Waals surface area (Å²) in [4.78, 5) is 14.6. The summed E-state index contributed by atoms with van der Waals surface area (Å²) in [7, 11) is 0. The van der Waals surface area contributed by atoms with Gasteiger partial charge < -0.3 is 14.1 Å². The molecule has 0 unspecified atom stereocenters. The molecule has 2 aromatic rings. The van der Waals surface area contributed by atoms with E-state index in [-0.39, 0.29) is 5.91 Å². The summed E-state index contributed by atoms with van der Waals surface area (Å²) < 4.78 is 10.8. The SMILES string of the molecule is CCOc1ccc(C(=O)N2CCC(CSCc3ccco3)CC2)cc1. The number of likely N-dealkylation sites (tertiary alicyclic amines) is 1. The molecule has 0 aliphatic carbocycles. The monoisotopic (exact) mass is 359 g/mol. The first-order chi connectivity index (χ1) is 12.3. The van der Waals surface area contributed by atoms with E-state index >= 15 is 0 Å². The minimum Gasteiger partial charge on any atom is -0.494 e. The van der Waals surface area contributed by atoms with Crippen LogP contribution in [-0.4, -0.2) is 36.3 Å². The molecule has 1 aromatic heterocycles. The molecular weight excluding hydrogens is 334 g/mol. The molecule has 5 heteroatoms. The Kier molecular flexibility index (Phi) is 6.45. The summed E-state index contributed by atoms with van der Waals surface area (Å²) >= 11 is 1.92. The fourth-order valence-corrected chi connectivity index (χ4v) is 4.22. The van der Waals surface area contributed by atoms with Crippen LogP contribution in [0.4, 0.5) is 0 Å². The van der Waals surface area contributed by atoms with E-state index in [9.17, 15) is 4.79 Å². The van der Waals surface area contributed by atoms with Gasteiger partial charge in [-0.25, -0.2) is 0 Å². The first-order valence-electron chi connectivity index (χ1n) is 8.88. The summed E-state index contributed by atoms with van der Waals surface area (Å²) in [5, 5.41) is 0. The van der Waals surface area contributed by atoms with E-state index in [1.54, 1.807) is 6.26 Å². The summed E-state index contributed by atoms with van der Waals surface area (Å²) in [5.74, 6) is 4.72. The Bertz CT molecular complexity index is 646. The van der Waals surface area contributed by atoms with Crippen LogP contribution in [0.2, 0.25) is 0 Å². The third-order valence-electron chi connectivity index (χ3n) is 4.49. The number of nitrogens with zero attached hydrogens (tertiary/aromatic N) is 1. The average molecular weight is 359 g/mol. The molecule has 134 valence electrons. The molecular formula is C20H25NO3S. The number of furan rings is 1. The van der Waals surface area contributed by atoms with Gasteiger partial charge in [-0.05, 0) is 67.8 Å². The molecule has 1 aliphatic heterocycles. The van der Waals surface area contributed by atoms with Crippen LogP contribution in [0.3, 0.4) is 0 Å². The normalized spacial score (nSPS) is 15.3. The number of benzene rings is 1. The van der Waals surface area contributed by atoms with Crippen molar-refractivity contribution >= 4 is 17.7 Å². The van der Waals surface area contributed by atoms with E-state index in [1.165, 1.54) is 0 Å². The Morgan fingerprint density at radius 2 is 2.00 bits per heavy atom. The molecule has 25 heavy (non-hydrogen) atoms. The number of piperidine rings is 1. The van der Waals surface area contributed by atoms with E-state index in [0.29, 0.717) is 12.5 Å². The minimum atomic E-state index is 0.129. The van der Waals surface area contributed by atoms with Crippen molar-refractivity contribution < 1.29 is 13.9 Å². The zero-order valence-corrected chi connectivity index (χ0v) is 15.5. The second-order valence-corrected chi connectivity index (χ2v) is 7.32. The second kappa shape index (κ2) is 8.99. The van der Waals surface area contributed by atoms with Crippen molar-refractivity contribution in [3.05, 3.63) is 54.0 Å². The molecule has 1 fully saturated rings. The predicted octanol–water partition coefficient (Wildman–Crippen LogP) is 4.46. The van der Waals surface area contributed by atoms with Gasteiger partial charge in [-0.3, -0.25) is 4.79 Å². The number of ether oxygens (including phenoxy) is 1. The second-order valence-electron chi connectivity index (χ2n) is 6.29. The van der Waals surface area contributed by atoms with Crippen molar-refractivity contribution in [1.29, 1.82) is 0 Å². The van der Waals surface area contributed by atoms with Crippen LogP contribution in [0.5, 0.6) is 5.75 Å². The fourth-order valence-electron chi connectivity index (χ4n) is 3.07. The van der Waals surface area contributed by atoms with Gasteiger partial charge in [0.2, 0.25) is 0 Å². The van der Waals surface area contributed by atoms with E-state index < -0.39 is 0 Å². The van der Waals surface area contributed by atoms with Gasteiger partial charge in [-0.15, -0.1) is 0 Å². The lowest BCUT2D eigenvalue weighted by Gasteiger charge is -2.32. The quantitative estimate of drug-likeness (QED) is 0.732. The molecule has 0 bridgehead atoms. The van der Waals surface area contributed by atoms with E-state index in [1.807, 2.05) is 60.0 Å². The highest BCUT2D eigenvalue weighted by atomic mass is 32.2. The Balaban J connectivity index is 1.42. The van der Waals surface area contributed by atoms with E-state index in [4.69, 9.17) is 9.15 Å². The molecule has 0 atom stereocenters. The number of carbonyl (C=O) groups is 1. The van der Waals surface area contributed by atoms with Gasteiger partial charge in [-0.1, -0.05) is 0 Å². The van der Waals surface area contributed by atoms with Crippen LogP contribution < -0.4 is 4.74 Å². The molecule has 2 heterocycles. The van der Waals surface area contributed by atoms with Gasteiger partial charge in [0, 0.05) is 18.7 Å². The van der Waals surface area contributed by atoms with Crippen molar-refractivity contribution in [2.75, 3.05) is 25.4 Å². The van der Waals surface area contributed by atoms with Crippen LogP contribution in [-0.2, 0) is 5.75 Å². The summed E-state index contributed by atoms with van der Waals surface area (Å²) in [6.45, 7) is 4.28. The van der Waals surface area contributed by atoms with Gasteiger partial charge in [0.05, 0.1) is 18.6 Å². The van der Waals surface area contributed by atoms with Gasteiger partial charge in [-0.2, -0.15) is 11.8 Å². The third-order valence-corrected chi connectivity index (χ3v) is 5.69. The predicted molar refractivity (Wildman–Crippen MR) is 101 cm³/mol. The first kappa shape index (κ1) is 17.9. The lowest BCUT2D eigenvalue weighted by atomic mass is 9.98. The molecule has 0 N–H and O–H groups in total. The van der Waals surface area contributed by atoms with Crippen LogP contribution in [0.1, 0.15) is 35.9 Å². The van der Waals surface area contributed by atoms with Crippen molar-refractivity contribution in [2.24, 2.45) is 5.92 Å². The largest absolute Gasteiger partial charge is 0.494 e. The Hall–Kier alpha value is -1.88. The lowest BCUT2D eigenvalue weighted by molar-refractivity contribution is 0.0698. The number of carbonyl (C=O) groups excluding carboxylic acids is 1. The zero-order chi connectivity index (χ0) is 17.5. The summed E-state index contributed by atoms with van der Waals surface area (Å²) in [6.07, 6.45) is 3.88. The number of amides is 1. The fraction of sp³-hybridized carbons (Fsp3) is 0.450. The Labute approximate surface area is 153 Å². The van der Waals surface area contributed by atoms with Crippen molar-refractivity contribution in [1.82, 2.24) is 4.90 Å². The smallest absolute Gasteiger partial charge is 0.253 e. The van der Waals surface area contributed by atoms with Crippen LogP contribution in [0.15, 0.2) is 47.1 Å². The highest BCUT2D eigenvalue weighted by Gasteiger charge is 2.23. The number of hydrogen-bond acceptors (Lipinski definition) is 4. The maximum atomic E-state index is 12.6. The zero-order valence-electron chi connectivity index (χ0n) is 14.6. The number of rotatable bonds is 7. The van der Waals surface area contributed by atoms with Crippen LogP contribution >= 0.6 is 11.8 Å². The topological polar surface area (TPSA) is 42.7 Å². The maximum Gasteiger partial charge on any atom is 0.253 e. The average Bonchev–Trinajstić information content (AvgIpc) is 3.16. The molecule has 3 rings (SSSR count). The molecule has 4 nitrogen and oxygen atoms in total. The van der Waals surface area contributed by atoms with Gasteiger partial charge in [0.15, 0.2) is 0 Å². The Morgan fingerprint density at radius 1 is 1.24 bits per heavy atom. The first-order valence-corrected chi connectivity index (χ1v) is 10.0. The number of hydrogen-bond donors (Lipinski definition) is 0. The molecule has 0 saturated carbocycles. The molecule has 0 spiro atoms.